The third kappa shape index (κ3) is 2.85. The Morgan fingerprint density at radius 1 is 1.15 bits per heavy atom. The molecule has 2 N–H and O–H groups in total. The third-order valence-electron chi connectivity index (χ3n) is 6.28. The highest BCUT2D eigenvalue weighted by Gasteiger charge is 2.43. The monoisotopic (exact) mass is 359 g/mol. The van der Waals surface area contributed by atoms with E-state index < -0.39 is 0 Å². The maximum absolute atomic E-state index is 12.4. The van der Waals surface area contributed by atoms with Gasteiger partial charge < -0.3 is 20.1 Å². The first-order chi connectivity index (χ1) is 12.5. The Morgan fingerprint density at radius 3 is 2.54 bits per heavy atom. The summed E-state index contributed by atoms with van der Waals surface area (Å²) in [6.07, 6.45) is 2.51. The first-order valence-electron chi connectivity index (χ1n) is 9.55. The minimum absolute atomic E-state index is 0.00421. The predicted molar refractivity (Wildman–Crippen MR) is 99.4 cm³/mol. The summed E-state index contributed by atoms with van der Waals surface area (Å²) in [6, 6.07) is 4.64. The first kappa shape index (κ1) is 17.6. The van der Waals surface area contributed by atoms with E-state index in [0.717, 1.165) is 44.0 Å². The normalized spacial score (nSPS) is 31.5. The molecule has 2 fully saturated rings. The zero-order chi connectivity index (χ0) is 18.4. The molecule has 3 heterocycles. The molecule has 4 rings (SSSR count). The van der Waals surface area contributed by atoms with E-state index in [1.165, 1.54) is 11.1 Å². The fraction of sp³-hybridized carbons (Fsp3) is 0.650. The molecule has 0 spiro atoms. The molecule has 1 unspecified atom stereocenters. The average molecular weight is 359 g/mol. The van der Waals surface area contributed by atoms with Crippen molar-refractivity contribution < 1.29 is 14.3 Å². The van der Waals surface area contributed by atoms with E-state index >= 15 is 0 Å². The number of hydrogen-bond donors (Lipinski definition) is 1. The van der Waals surface area contributed by atoms with E-state index in [4.69, 9.17) is 15.2 Å². The lowest BCUT2D eigenvalue weighted by molar-refractivity contribution is -0.131. The molecule has 1 aromatic rings. The number of piperidine rings is 1. The zero-order valence-electron chi connectivity index (χ0n) is 15.9. The molecule has 0 saturated carbocycles. The van der Waals surface area contributed by atoms with Crippen LogP contribution in [-0.4, -0.2) is 61.6 Å². The van der Waals surface area contributed by atoms with Crippen LogP contribution in [-0.2, 0) is 11.2 Å². The van der Waals surface area contributed by atoms with Gasteiger partial charge in [-0.1, -0.05) is 6.92 Å². The quantitative estimate of drug-likeness (QED) is 0.887. The summed E-state index contributed by atoms with van der Waals surface area (Å²) in [5, 5.41) is 0. The van der Waals surface area contributed by atoms with Crippen LogP contribution in [0.15, 0.2) is 12.1 Å². The van der Waals surface area contributed by atoms with Crippen LogP contribution in [0.25, 0.3) is 0 Å². The number of carbonyl (C=O) groups excluding carboxylic acids is 1. The third-order valence-corrected chi connectivity index (χ3v) is 6.28. The van der Waals surface area contributed by atoms with E-state index in [-0.39, 0.29) is 18.0 Å². The number of nitrogens with zero attached hydrogens (tertiary/aromatic N) is 2. The molecule has 0 radical (unpaired) electrons. The van der Waals surface area contributed by atoms with Crippen LogP contribution in [0.5, 0.6) is 11.5 Å². The Morgan fingerprint density at radius 2 is 1.88 bits per heavy atom. The molecule has 4 atom stereocenters. The summed E-state index contributed by atoms with van der Waals surface area (Å²) in [7, 11) is 3.35. The Kier molecular flexibility index (Phi) is 4.57. The van der Waals surface area contributed by atoms with Crippen LogP contribution in [0, 0.1) is 5.92 Å². The summed E-state index contributed by atoms with van der Waals surface area (Å²) in [5.74, 6) is 2.26. The maximum Gasteiger partial charge on any atom is 0.223 e. The molecule has 0 aliphatic carbocycles. The van der Waals surface area contributed by atoms with Gasteiger partial charge in [-0.15, -0.1) is 0 Å². The van der Waals surface area contributed by atoms with Crippen molar-refractivity contribution in [1.82, 2.24) is 9.80 Å². The Balaban J connectivity index is 1.60. The minimum atomic E-state index is 0.00421. The standard InChI is InChI=1S/C20H29N3O3/c1-12-6-20(24)23(10-12)17-11-22-5-4-13-7-18(25-2)19(26-3)8-14(13)16(22)9-15(17)21/h7-8,12,15-17H,4-6,9-11,21H2,1-3H3/t12?,15-,16-,17-/m1/s1. The molecular weight excluding hydrogens is 330 g/mol. The number of fused-ring (bicyclic) bond motifs is 3. The molecule has 1 amide bonds. The largest absolute Gasteiger partial charge is 0.493 e. The first-order valence-corrected chi connectivity index (χ1v) is 9.55. The van der Waals surface area contributed by atoms with Crippen molar-refractivity contribution in [1.29, 1.82) is 0 Å². The van der Waals surface area contributed by atoms with Crippen molar-refractivity contribution in [3.8, 4) is 11.5 Å². The van der Waals surface area contributed by atoms with Crippen LogP contribution < -0.4 is 15.2 Å². The van der Waals surface area contributed by atoms with Gasteiger partial charge in [-0.2, -0.15) is 0 Å². The van der Waals surface area contributed by atoms with Crippen molar-refractivity contribution >= 4 is 5.91 Å². The second kappa shape index (κ2) is 6.74. The lowest BCUT2D eigenvalue weighted by atomic mass is 9.83. The van der Waals surface area contributed by atoms with Crippen LogP contribution in [0.1, 0.15) is 36.9 Å². The van der Waals surface area contributed by atoms with Crippen molar-refractivity contribution in [2.45, 2.75) is 44.3 Å². The number of ether oxygens (including phenoxy) is 2. The lowest BCUT2D eigenvalue weighted by Crippen LogP contribution is -2.60. The Labute approximate surface area is 155 Å². The second-order valence-corrected chi connectivity index (χ2v) is 7.99. The summed E-state index contributed by atoms with van der Waals surface area (Å²) < 4.78 is 11.0. The van der Waals surface area contributed by atoms with Gasteiger partial charge in [0.2, 0.25) is 5.91 Å². The number of hydrogen-bond acceptors (Lipinski definition) is 5. The van der Waals surface area contributed by atoms with Crippen molar-refractivity contribution in [3.63, 3.8) is 0 Å². The number of carbonyl (C=O) groups is 1. The van der Waals surface area contributed by atoms with Gasteiger partial charge in [0.1, 0.15) is 0 Å². The molecule has 3 aliphatic heterocycles. The van der Waals surface area contributed by atoms with Gasteiger partial charge in [-0.3, -0.25) is 9.69 Å². The van der Waals surface area contributed by atoms with Crippen molar-refractivity contribution in [2.24, 2.45) is 11.7 Å². The molecule has 2 saturated heterocycles. The molecule has 6 heteroatoms. The fourth-order valence-electron chi connectivity index (χ4n) is 4.93. The van der Waals surface area contributed by atoms with Gasteiger partial charge in [0.25, 0.3) is 0 Å². The average Bonchev–Trinajstić information content (AvgIpc) is 2.97. The SMILES string of the molecule is COc1cc2c(cc1OC)[C@H]1C[C@@H](N)[C@H](N3CC(C)CC3=O)CN1CC2. The van der Waals surface area contributed by atoms with E-state index in [1.54, 1.807) is 14.2 Å². The van der Waals surface area contributed by atoms with E-state index in [1.807, 2.05) is 4.90 Å². The van der Waals surface area contributed by atoms with Gasteiger partial charge in [0.05, 0.1) is 20.3 Å². The predicted octanol–water partition coefficient (Wildman–Crippen LogP) is 1.57. The second-order valence-electron chi connectivity index (χ2n) is 7.99. The van der Waals surface area contributed by atoms with E-state index in [2.05, 4.69) is 24.0 Å². The number of rotatable bonds is 3. The van der Waals surface area contributed by atoms with Crippen LogP contribution in [0.3, 0.4) is 0 Å². The molecule has 6 nitrogen and oxygen atoms in total. The van der Waals surface area contributed by atoms with E-state index in [0.29, 0.717) is 18.4 Å². The molecule has 142 valence electrons. The van der Waals surface area contributed by atoms with Crippen molar-refractivity contribution in [3.05, 3.63) is 23.3 Å². The number of methoxy groups -OCH3 is 2. The zero-order valence-corrected chi connectivity index (χ0v) is 15.9. The summed E-state index contributed by atoms with van der Waals surface area (Å²) in [6.45, 7) is 4.84. The number of amides is 1. The Hall–Kier alpha value is -1.79. The highest BCUT2D eigenvalue weighted by Crippen LogP contribution is 2.42. The molecule has 0 aromatic heterocycles. The summed E-state index contributed by atoms with van der Waals surface area (Å²) >= 11 is 0. The maximum atomic E-state index is 12.4. The number of likely N-dealkylation sites (tertiary alicyclic amines) is 1. The molecule has 0 bridgehead atoms. The van der Waals surface area contributed by atoms with Gasteiger partial charge >= 0.3 is 0 Å². The smallest absolute Gasteiger partial charge is 0.223 e. The van der Waals surface area contributed by atoms with Crippen LogP contribution in [0.4, 0.5) is 0 Å². The van der Waals surface area contributed by atoms with Gasteiger partial charge in [0.15, 0.2) is 11.5 Å². The number of nitrogens with two attached hydrogens (primary N) is 1. The highest BCUT2D eigenvalue weighted by molar-refractivity contribution is 5.79. The summed E-state index contributed by atoms with van der Waals surface area (Å²) in [4.78, 5) is 16.9. The van der Waals surface area contributed by atoms with Crippen molar-refractivity contribution in [2.75, 3.05) is 33.9 Å². The van der Waals surface area contributed by atoms with E-state index in [9.17, 15) is 4.79 Å². The fourth-order valence-corrected chi connectivity index (χ4v) is 4.93. The molecule has 3 aliphatic rings. The minimum Gasteiger partial charge on any atom is -0.493 e. The lowest BCUT2D eigenvalue weighted by Gasteiger charge is -2.48. The van der Waals surface area contributed by atoms with Gasteiger partial charge in [-0.05, 0) is 42.0 Å². The Bertz CT molecular complexity index is 708. The highest BCUT2D eigenvalue weighted by atomic mass is 16.5. The van der Waals surface area contributed by atoms with Crippen LogP contribution >= 0.6 is 0 Å². The molecule has 1 aromatic carbocycles. The number of benzene rings is 1. The van der Waals surface area contributed by atoms with Crippen LogP contribution in [0.2, 0.25) is 0 Å². The van der Waals surface area contributed by atoms with Gasteiger partial charge in [0, 0.05) is 38.1 Å². The summed E-state index contributed by atoms with van der Waals surface area (Å²) in [5.41, 5.74) is 9.20. The molecule has 26 heavy (non-hydrogen) atoms. The van der Waals surface area contributed by atoms with Gasteiger partial charge in [-0.25, -0.2) is 0 Å². The molecular formula is C20H29N3O3. The topological polar surface area (TPSA) is 68.0 Å².